The molecule has 7 rings (SSSR count). The number of amides is 1. The van der Waals surface area contributed by atoms with Gasteiger partial charge in [-0.1, -0.05) is 25.1 Å². The number of carbonyl (C=O) groups is 2. The maximum absolute atomic E-state index is 16.3. The maximum Gasteiger partial charge on any atom is 0.305 e. The summed E-state index contributed by atoms with van der Waals surface area (Å²) in [7, 11) is -2.96. The minimum absolute atomic E-state index is 0.0584. The lowest BCUT2D eigenvalue weighted by Gasteiger charge is -2.54. The van der Waals surface area contributed by atoms with Crippen molar-refractivity contribution in [2.75, 3.05) is 69.7 Å². The second kappa shape index (κ2) is 16.5. The average molecular weight is 811 g/mol. The molecule has 3 aliphatic heterocycles. The Kier molecular flexibility index (Phi) is 11.9. The van der Waals surface area contributed by atoms with Gasteiger partial charge in [-0.3, -0.25) is 14.5 Å². The molecule has 3 aromatic carbocycles. The minimum Gasteiger partial charge on any atom is -0.469 e. The fraction of sp³-hybridized carbons (Fsp3) is 0.488. The summed E-state index contributed by atoms with van der Waals surface area (Å²) in [6.07, 6.45) is 6.82. The largest absolute Gasteiger partial charge is 0.469 e. The molecule has 0 aromatic heterocycles. The Morgan fingerprint density at radius 1 is 0.912 bits per heavy atom. The van der Waals surface area contributed by atoms with Crippen LogP contribution in [0.3, 0.4) is 0 Å². The summed E-state index contributed by atoms with van der Waals surface area (Å²) in [6, 6.07) is 13.1. The highest BCUT2D eigenvalue weighted by Crippen LogP contribution is 2.54. The first kappa shape index (κ1) is 40.9. The van der Waals surface area contributed by atoms with Crippen molar-refractivity contribution in [2.45, 2.75) is 65.8 Å². The number of ether oxygens (including phenoxy) is 1. The van der Waals surface area contributed by atoms with E-state index in [0.717, 1.165) is 94.1 Å². The molecular formula is C43H50F4N4O5S. The molecule has 0 unspecified atom stereocenters. The van der Waals surface area contributed by atoms with Gasteiger partial charge in [-0.2, -0.15) is 0 Å². The number of carbonyl (C=O) groups excluding carboxylic acids is 2. The predicted octanol–water partition coefficient (Wildman–Crippen LogP) is 6.92. The van der Waals surface area contributed by atoms with Crippen molar-refractivity contribution in [3.8, 4) is 0 Å². The topological polar surface area (TPSA) is 99.3 Å². The highest BCUT2D eigenvalue weighted by Gasteiger charge is 2.53. The van der Waals surface area contributed by atoms with Gasteiger partial charge >= 0.3 is 5.97 Å². The Balaban J connectivity index is 1.03. The molecule has 0 spiro atoms. The fourth-order valence-corrected chi connectivity index (χ4v) is 11.3. The summed E-state index contributed by atoms with van der Waals surface area (Å²) < 4.78 is 92.9. The number of hydrogen-bond donors (Lipinski definition) is 1. The van der Waals surface area contributed by atoms with Gasteiger partial charge in [0.15, 0.2) is 5.67 Å². The molecule has 1 saturated carbocycles. The zero-order chi connectivity index (χ0) is 40.5. The molecule has 1 amide bonds. The minimum atomic E-state index is -4.38. The number of sulfone groups is 1. The number of benzene rings is 3. The lowest BCUT2D eigenvalue weighted by atomic mass is 9.56. The van der Waals surface area contributed by atoms with E-state index < -0.39 is 42.8 Å². The van der Waals surface area contributed by atoms with Crippen LogP contribution in [-0.2, 0) is 29.6 Å². The number of anilines is 2. The highest BCUT2D eigenvalue weighted by atomic mass is 32.2. The van der Waals surface area contributed by atoms with Gasteiger partial charge in [0, 0.05) is 30.6 Å². The number of likely N-dealkylation sites (tertiary alicyclic amines) is 2. The van der Waals surface area contributed by atoms with Gasteiger partial charge in [0.1, 0.15) is 17.5 Å². The van der Waals surface area contributed by atoms with E-state index in [4.69, 9.17) is 4.74 Å². The third kappa shape index (κ3) is 8.49. The predicted molar refractivity (Wildman–Crippen MR) is 209 cm³/mol. The van der Waals surface area contributed by atoms with Crippen LogP contribution < -0.4 is 10.2 Å². The second-order valence-corrected chi connectivity index (χ2v) is 18.3. The Morgan fingerprint density at radius 3 is 2.32 bits per heavy atom. The lowest BCUT2D eigenvalue weighted by molar-refractivity contribution is -0.142. The number of alkyl halides is 1. The van der Waals surface area contributed by atoms with Gasteiger partial charge in [0.2, 0.25) is 15.7 Å². The first-order valence-electron chi connectivity index (χ1n) is 19.7. The third-order valence-corrected chi connectivity index (χ3v) is 14.5. The monoisotopic (exact) mass is 810 g/mol. The van der Waals surface area contributed by atoms with Crippen molar-refractivity contribution in [3.63, 3.8) is 0 Å². The first-order chi connectivity index (χ1) is 27.2. The second-order valence-electron chi connectivity index (χ2n) is 16.3. The molecule has 4 aliphatic rings. The molecule has 1 N–H and O–H groups in total. The van der Waals surface area contributed by atoms with Crippen LogP contribution in [0.2, 0.25) is 0 Å². The van der Waals surface area contributed by atoms with Crippen LogP contribution in [-0.4, -0.2) is 95.2 Å². The van der Waals surface area contributed by atoms with Crippen molar-refractivity contribution in [1.82, 2.24) is 9.80 Å². The number of hydrogen-bond acceptors (Lipinski definition) is 8. The van der Waals surface area contributed by atoms with Crippen LogP contribution in [0.4, 0.5) is 28.9 Å². The van der Waals surface area contributed by atoms with Crippen LogP contribution in [0.15, 0.2) is 83.1 Å². The van der Waals surface area contributed by atoms with Crippen molar-refractivity contribution < 1.29 is 40.3 Å². The molecule has 14 heteroatoms. The molecule has 3 heterocycles. The number of rotatable bonds is 14. The number of nitrogens with one attached hydrogen (secondary N) is 1. The summed E-state index contributed by atoms with van der Waals surface area (Å²) >= 11 is 0. The molecule has 3 atom stereocenters. The molecule has 0 bridgehead atoms. The van der Waals surface area contributed by atoms with E-state index in [1.807, 2.05) is 6.07 Å². The summed E-state index contributed by atoms with van der Waals surface area (Å²) in [5, 5.41) is 2.32. The van der Waals surface area contributed by atoms with Crippen LogP contribution in [0.1, 0.15) is 50.5 Å². The normalized spacial score (nSPS) is 22.6. The van der Waals surface area contributed by atoms with Crippen molar-refractivity contribution >= 4 is 33.1 Å². The average Bonchev–Trinajstić information content (AvgIpc) is 3.61. The van der Waals surface area contributed by atoms with Crippen LogP contribution in [0.25, 0.3) is 0 Å². The first-order valence-corrected chi connectivity index (χ1v) is 21.2. The standard InChI is InChI=1S/C43H50F4N4O5S/c1-3-40(52)48-34-21-33(45)22-36(23-34)57(54,55)35-11-12-39(38(46)24-35)51-26-42(47,27-51)25-50-17-13-30(14-18-50)43(28-49-15-6-16-49,31-8-5-9-32(44)20-31)37-10-4-7-29(37)19-41(53)56-2/h3,5,8-9,11-12,20-24,29-30,37H,1,4,6-7,10,13-19,25-28H2,2H3,(H,48,52)/t29-,37+,43+/m1/s1. The smallest absolute Gasteiger partial charge is 0.305 e. The number of methoxy groups -OCH3 is 1. The van der Waals surface area contributed by atoms with Crippen molar-refractivity contribution in [2.24, 2.45) is 17.8 Å². The van der Waals surface area contributed by atoms with Crippen molar-refractivity contribution in [3.05, 3.63) is 96.3 Å². The summed E-state index contributed by atoms with van der Waals surface area (Å²) in [5.41, 5.74) is -1.07. The number of halogens is 4. The fourth-order valence-electron chi connectivity index (χ4n) is 9.98. The summed E-state index contributed by atoms with van der Waals surface area (Å²) in [4.78, 5) is 29.5. The van der Waals surface area contributed by atoms with E-state index in [-0.39, 0.29) is 66.0 Å². The van der Waals surface area contributed by atoms with Gasteiger partial charge in [0.05, 0.1) is 35.7 Å². The van der Waals surface area contributed by atoms with E-state index in [1.54, 1.807) is 12.1 Å². The molecular weight excluding hydrogens is 761 g/mol. The Morgan fingerprint density at radius 2 is 1.67 bits per heavy atom. The molecule has 306 valence electrons. The molecule has 3 aromatic rings. The zero-order valence-corrected chi connectivity index (χ0v) is 33.0. The van der Waals surface area contributed by atoms with Gasteiger partial charge in [-0.25, -0.2) is 26.0 Å². The molecule has 1 aliphatic carbocycles. The lowest BCUT2D eigenvalue weighted by Crippen LogP contribution is -2.65. The van der Waals surface area contributed by atoms with E-state index in [9.17, 15) is 22.4 Å². The van der Waals surface area contributed by atoms with E-state index in [0.29, 0.717) is 19.5 Å². The third-order valence-electron chi connectivity index (χ3n) is 12.7. The molecule has 4 fully saturated rings. The van der Waals surface area contributed by atoms with Crippen molar-refractivity contribution in [1.29, 1.82) is 0 Å². The Labute approximate surface area is 332 Å². The van der Waals surface area contributed by atoms with Gasteiger partial charge in [-0.05, 0) is 136 Å². The van der Waals surface area contributed by atoms with Gasteiger partial charge in [-0.15, -0.1) is 0 Å². The van der Waals surface area contributed by atoms with Crippen LogP contribution in [0.5, 0.6) is 0 Å². The quantitative estimate of drug-likeness (QED) is 0.107. The summed E-state index contributed by atoms with van der Waals surface area (Å²) in [5.74, 6) is -2.46. The van der Waals surface area contributed by atoms with E-state index in [2.05, 4.69) is 21.7 Å². The molecule has 3 saturated heterocycles. The van der Waals surface area contributed by atoms with Crippen LogP contribution >= 0.6 is 0 Å². The maximum atomic E-state index is 16.3. The molecule has 9 nitrogen and oxygen atoms in total. The Bertz CT molecular complexity index is 2100. The molecule has 0 radical (unpaired) electrons. The Hall–Kier alpha value is -4.27. The van der Waals surface area contributed by atoms with Crippen LogP contribution in [0, 0.1) is 35.2 Å². The summed E-state index contributed by atoms with van der Waals surface area (Å²) in [6.45, 7) is 7.35. The van der Waals surface area contributed by atoms with Gasteiger partial charge in [0.25, 0.3) is 0 Å². The van der Waals surface area contributed by atoms with E-state index >= 15 is 13.2 Å². The number of piperidine rings is 1. The molecule has 57 heavy (non-hydrogen) atoms. The SMILES string of the molecule is C=CC(=O)Nc1cc(F)cc(S(=O)(=O)c2ccc(N3CC(F)(CN4CCC([C@@](CN5CCC5)(c5cccc(F)c5)[C@H]5CCC[C@@H]5CC(=O)OC)CC4)C3)c(F)c2)c1. The highest BCUT2D eigenvalue weighted by molar-refractivity contribution is 7.91. The number of nitrogens with zero attached hydrogens (tertiary/aromatic N) is 3. The van der Waals surface area contributed by atoms with E-state index in [1.165, 1.54) is 30.2 Å². The zero-order valence-electron chi connectivity index (χ0n) is 32.2. The number of esters is 1. The van der Waals surface area contributed by atoms with Gasteiger partial charge < -0.3 is 19.9 Å².